The Bertz CT molecular complexity index is 481. The Morgan fingerprint density at radius 2 is 2.06 bits per heavy atom. The van der Waals surface area contributed by atoms with Gasteiger partial charge >= 0.3 is 0 Å². The molecule has 0 bridgehead atoms. The highest BCUT2D eigenvalue weighted by atomic mass is 35.5. The van der Waals surface area contributed by atoms with Crippen molar-refractivity contribution in [2.75, 3.05) is 5.73 Å². The number of halogens is 1. The van der Waals surface area contributed by atoms with Crippen molar-refractivity contribution in [1.82, 2.24) is 24.7 Å². The smallest absolute Gasteiger partial charge is 0.220 e. The summed E-state index contributed by atoms with van der Waals surface area (Å²) in [4.78, 5) is 7.74. The Labute approximate surface area is 105 Å². The highest BCUT2D eigenvalue weighted by Gasteiger charge is 2.11. The van der Waals surface area contributed by atoms with Gasteiger partial charge in [-0.15, -0.1) is 10.2 Å². The second kappa shape index (κ2) is 6.15. The van der Waals surface area contributed by atoms with Crippen LogP contribution in [-0.2, 0) is 7.05 Å². The van der Waals surface area contributed by atoms with Crippen LogP contribution in [0.4, 0.5) is 5.95 Å². The Hall–Kier alpha value is -1.69. The second-order valence-corrected chi connectivity index (χ2v) is 3.80. The largest absolute Gasteiger partial charge is 0.368 e. The van der Waals surface area contributed by atoms with Gasteiger partial charge in [-0.25, -0.2) is 9.97 Å². The van der Waals surface area contributed by atoms with Gasteiger partial charge in [0, 0.05) is 7.05 Å². The van der Waals surface area contributed by atoms with Crippen LogP contribution >= 0.6 is 11.6 Å². The fraction of sp³-hybridized carbons (Fsp3) is 0.400. The molecule has 0 fully saturated rings. The normalized spacial score (nSPS) is 9.65. The molecule has 0 amide bonds. The highest BCUT2D eigenvalue weighted by Crippen LogP contribution is 2.22. The molecule has 2 aromatic rings. The zero-order chi connectivity index (χ0) is 12.8. The molecule has 17 heavy (non-hydrogen) atoms. The van der Waals surface area contributed by atoms with E-state index < -0.39 is 0 Å². The Morgan fingerprint density at radius 3 is 2.59 bits per heavy atom. The molecule has 2 rings (SSSR count). The van der Waals surface area contributed by atoms with Crippen molar-refractivity contribution in [3.63, 3.8) is 0 Å². The lowest BCUT2D eigenvalue weighted by atomic mass is 10.4. The molecule has 0 saturated heterocycles. The molecule has 6 nitrogen and oxygen atoms in total. The molecule has 2 N–H and O–H groups in total. The van der Waals surface area contributed by atoms with Crippen LogP contribution in [0.1, 0.15) is 20.3 Å². The van der Waals surface area contributed by atoms with Crippen molar-refractivity contribution in [1.29, 1.82) is 0 Å². The van der Waals surface area contributed by atoms with Crippen LogP contribution in [0, 0.1) is 0 Å². The predicted molar refractivity (Wildman–Crippen MR) is 67.4 cm³/mol. The number of aryl methyl sites for hydroxylation is 1. The monoisotopic (exact) mass is 254 g/mol. The standard InChI is InChI=1S/C7H7ClN6.C3H8/c1-14-3-11-13-6(14)5-4(8)2-10-7(9)12-5;1-3-2/h2-3H,1H3,(H2,9,10,12);3H2,1-2H3. The van der Waals surface area contributed by atoms with Crippen molar-refractivity contribution in [3.05, 3.63) is 17.5 Å². The minimum absolute atomic E-state index is 0.160. The summed E-state index contributed by atoms with van der Waals surface area (Å²) in [6.45, 7) is 4.25. The molecule has 0 aliphatic rings. The number of aromatic nitrogens is 5. The molecule has 0 spiro atoms. The number of rotatable bonds is 1. The van der Waals surface area contributed by atoms with Gasteiger partial charge in [-0.3, -0.25) is 0 Å². The minimum atomic E-state index is 0.160. The molecule has 0 aliphatic heterocycles. The minimum Gasteiger partial charge on any atom is -0.368 e. The van der Waals surface area contributed by atoms with Crippen LogP contribution in [0.15, 0.2) is 12.5 Å². The maximum Gasteiger partial charge on any atom is 0.220 e. The summed E-state index contributed by atoms with van der Waals surface area (Å²) >= 11 is 5.90. The molecule has 0 aliphatic carbocycles. The average molecular weight is 255 g/mol. The summed E-state index contributed by atoms with van der Waals surface area (Å²) in [5.41, 5.74) is 5.93. The lowest BCUT2D eigenvalue weighted by molar-refractivity contribution is 0.912. The maximum absolute atomic E-state index is 5.90. The van der Waals surface area contributed by atoms with E-state index >= 15 is 0 Å². The maximum atomic E-state index is 5.90. The van der Waals surface area contributed by atoms with Crippen molar-refractivity contribution >= 4 is 17.5 Å². The van der Waals surface area contributed by atoms with Crippen molar-refractivity contribution < 1.29 is 0 Å². The first-order chi connectivity index (χ1) is 8.10. The van der Waals surface area contributed by atoms with E-state index in [1.807, 2.05) is 0 Å². The van der Waals surface area contributed by atoms with Crippen molar-refractivity contribution in [3.8, 4) is 11.5 Å². The lowest BCUT2D eigenvalue weighted by Crippen LogP contribution is -2.00. The van der Waals surface area contributed by atoms with Crippen molar-refractivity contribution in [2.45, 2.75) is 20.3 Å². The number of hydrogen-bond donors (Lipinski definition) is 1. The third kappa shape index (κ3) is 3.39. The van der Waals surface area contributed by atoms with Gasteiger partial charge < -0.3 is 10.3 Å². The van der Waals surface area contributed by atoms with Crippen LogP contribution < -0.4 is 5.73 Å². The predicted octanol–water partition coefficient (Wildman–Crippen LogP) is 1.92. The number of nitrogen functional groups attached to an aromatic ring is 1. The van der Waals surface area contributed by atoms with Crippen LogP contribution in [0.3, 0.4) is 0 Å². The third-order valence-corrected chi connectivity index (χ3v) is 1.96. The van der Waals surface area contributed by atoms with E-state index in [9.17, 15) is 0 Å². The third-order valence-electron chi connectivity index (χ3n) is 1.69. The highest BCUT2D eigenvalue weighted by molar-refractivity contribution is 6.32. The Balaban J connectivity index is 0.000000437. The van der Waals surface area contributed by atoms with E-state index in [2.05, 4.69) is 34.0 Å². The van der Waals surface area contributed by atoms with Gasteiger partial charge in [0.25, 0.3) is 0 Å². The van der Waals surface area contributed by atoms with E-state index in [0.29, 0.717) is 16.5 Å². The van der Waals surface area contributed by atoms with E-state index in [1.54, 1.807) is 17.9 Å². The van der Waals surface area contributed by atoms with E-state index in [-0.39, 0.29) is 5.95 Å². The van der Waals surface area contributed by atoms with Crippen LogP contribution in [0.5, 0.6) is 0 Å². The Kier molecular flexibility index (Phi) is 4.84. The SMILES string of the molecule is CCC.Cn1cnnc1-c1nc(N)ncc1Cl. The van der Waals surface area contributed by atoms with Crippen molar-refractivity contribution in [2.24, 2.45) is 7.05 Å². The molecule has 92 valence electrons. The molecule has 0 unspecified atom stereocenters. The number of hydrogen-bond acceptors (Lipinski definition) is 5. The summed E-state index contributed by atoms with van der Waals surface area (Å²) in [5, 5.41) is 7.99. The van der Waals surface area contributed by atoms with Crippen LogP contribution in [0.25, 0.3) is 11.5 Å². The summed E-state index contributed by atoms with van der Waals surface area (Å²) in [6, 6.07) is 0. The molecule has 0 radical (unpaired) electrons. The Morgan fingerprint density at radius 1 is 1.41 bits per heavy atom. The average Bonchev–Trinajstić information content (AvgIpc) is 2.69. The van der Waals surface area contributed by atoms with Gasteiger partial charge in [-0.2, -0.15) is 0 Å². The van der Waals surface area contributed by atoms with Gasteiger partial charge in [0.05, 0.1) is 11.2 Å². The number of anilines is 1. The lowest BCUT2D eigenvalue weighted by Gasteiger charge is -2.01. The topological polar surface area (TPSA) is 82.5 Å². The quantitative estimate of drug-likeness (QED) is 0.841. The van der Waals surface area contributed by atoms with E-state index in [1.165, 1.54) is 12.6 Å². The van der Waals surface area contributed by atoms with Gasteiger partial charge in [0.2, 0.25) is 5.95 Å². The van der Waals surface area contributed by atoms with Gasteiger partial charge in [0.1, 0.15) is 12.0 Å². The zero-order valence-corrected chi connectivity index (χ0v) is 10.8. The fourth-order valence-corrected chi connectivity index (χ4v) is 1.21. The van der Waals surface area contributed by atoms with Crippen LogP contribution in [-0.4, -0.2) is 24.7 Å². The van der Waals surface area contributed by atoms with Crippen LogP contribution in [0.2, 0.25) is 5.02 Å². The van der Waals surface area contributed by atoms with E-state index in [4.69, 9.17) is 17.3 Å². The molecular formula is C10H15ClN6. The second-order valence-electron chi connectivity index (χ2n) is 3.40. The summed E-state index contributed by atoms with van der Waals surface area (Å²) in [6.07, 6.45) is 4.25. The zero-order valence-electron chi connectivity index (χ0n) is 10.1. The van der Waals surface area contributed by atoms with Gasteiger partial charge in [-0.1, -0.05) is 31.9 Å². The van der Waals surface area contributed by atoms with Gasteiger partial charge in [-0.05, 0) is 0 Å². The number of nitrogens with two attached hydrogens (primary N) is 1. The first kappa shape index (κ1) is 13.4. The first-order valence-corrected chi connectivity index (χ1v) is 5.60. The molecule has 2 heterocycles. The molecule has 7 heteroatoms. The summed E-state index contributed by atoms with van der Waals surface area (Å²) in [5.74, 6) is 0.719. The molecular weight excluding hydrogens is 240 g/mol. The molecule has 0 saturated carbocycles. The first-order valence-electron chi connectivity index (χ1n) is 5.22. The fourth-order valence-electron chi connectivity index (χ4n) is 1.04. The summed E-state index contributed by atoms with van der Waals surface area (Å²) < 4.78 is 1.70. The molecule has 0 aromatic carbocycles. The van der Waals surface area contributed by atoms with E-state index in [0.717, 1.165) is 0 Å². The van der Waals surface area contributed by atoms with Gasteiger partial charge in [0.15, 0.2) is 5.82 Å². The number of nitrogens with zero attached hydrogens (tertiary/aromatic N) is 5. The molecule has 2 aromatic heterocycles. The summed E-state index contributed by atoms with van der Waals surface area (Å²) in [7, 11) is 1.80. The molecule has 0 atom stereocenters.